The van der Waals surface area contributed by atoms with Crippen LogP contribution in [0.15, 0.2) is 78.9 Å². The second kappa shape index (κ2) is 19.8. The fourth-order valence-corrected chi connectivity index (χ4v) is 6.65. The molecule has 2 heterocycles. The molecule has 12 heteroatoms. The largest absolute Gasteiger partial charge is 0.356 e. The number of unbranched alkanes of at least 4 members (excludes halogenated alkanes) is 4. The van der Waals surface area contributed by atoms with E-state index in [9.17, 15) is 9.59 Å². The second-order valence-electron chi connectivity index (χ2n) is 12.7. The van der Waals surface area contributed by atoms with Gasteiger partial charge in [0.1, 0.15) is 5.82 Å². The van der Waals surface area contributed by atoms with Crippen molar-refractivity contribution in [3.63, 3.8) is 0 Å². The molecule has 0 radical (unpaired) electrons. The van der Waals surface area contributed by atoms with Gasteiger partial charge in [-0.25, -0.2) is 4.98 Å². The standard InChI is InChI=1S/C39H47ClN8O2S/c1-2-3-17-35-43-37(40)34(48(35)26-29-19-21-30(22-20-29)32-15-10-11-16-33(32)38-44-46-47-45-38)25-42-36(49)18-9-4-5-12-23-41-39(50)31(27-51)24-28-13-7-6-8-14-28/h6-8,10-11,13-16,19-22,31,51H,2-5,9,12,17-18,23-27H2,1H3,(H,41,50)(H,42,49)(H,44,45,46,47). The minimum Gasteiger partial charge on any atom is -0.356 e. The molecule has 0 bridgehead atoms. The van der Waals surface area contributed by atoms with Crippen LogP contribution in [0.2, 0.25) is 5.15 Å². The minimum absolute atomic E-state index is 0.00983. The van der Waals surface area contributed by atoms with E-state index in [2.05, 4.69) is 79.6 Å². The first-order chi connectivity index (χ1) is 25.0. The average Bonchev–Trinajstić information content (AvgIpc) is 3.80. The first kappa shape index (κ1) is 37.8. The molecule has 3 aromatic carbocycles. The molecule has 2 amide bonds. The van der Waals surface area contributed by atoms with Gasteiger partial charge in [-0.05, 0) is 53.2 Å². The third-order valence-electron chi connectivity index (χ3n) is 8.97. The summed E-state index contributed by atoms with van der Waals surface area (Å²) in [5, 5.41) is 21.1. The van der Waals surface area contributed by atoms with Crippen LogP contribution in [0.25, 0.3) is 22.5 Å². The van der Waals surface area contributed by atoms with Gasteiger partial charge < -0.3 is 15.2 Å². The molecular formula is C39H47ClN8O2S. The molecule has 0 aliphatic carbocycles. The van der Waals surface area contributed by atoms with Gasteiger partial charge in [0.05, 0.1) is 18.2 Å². The van der Waals surface area contributed by atoms with Crippen LogP contribution in [0.1, 0.15) is 74.5 Å². The van der Waals surface area contributed by atoms with Crippen molar-refractivity contribution in [1.29, 1.82) is 0 Å². The summed E-state index contributed by atoms with van der Waals surface area (Å²) in [6.07, 6.45) is 7.49. The number of hydrogen-bond acceptors (Lipinski definition) is 7. The third-order valence-corrected chi connectivity index (χ3v) is 9.72. The molecule has 0 saturated carbocycles. The summed E-state index contributed by atoms with van der Waals surface area (Å²) < 4.78 is 2.15. The van der Waals surface area contributed by atoms with Crippen LogP contribution in [0.5, 0.6) is 0 Å². The number of amides is 2. The topological polar surface area (TPSA) is 130 Å². The van der Waals surface area contributed by atoms with Crippen molar-refractivity contribution in [2.75, 3.05) is 12.3 Å². The highest BCUT2D eigenvalue weighted by molar-refractivity contribution is 7.80. The van der Waals surface area contributed by atoms with E-state index in [1.807, 2.05) is 54.6 Å². The van der Waals surface area contributed by atoms with Crippen LogP contribution >= 0.6 is 24.2 Å². The van der Waals surface area contributed by atoms with Gasteiger partial charge in [0, 0.05) is 37.2 Å². The van der Waals surface area contributed by atoms with E-state index in [1.54, 1.807) is 0 Å². The van der Waals surface area contributed by atoms with E-state index in [1.165, 1.54) is 0 Å². The Labute approximate surface area is 310 Å². The number of thiol groups is 1. The first-order valence-corrected chi connectivity index (χ1v) is 18.8. The number of halogens is 1. The smallest absolute Gasteiger partial charge is 0.224 e. The quantitative estimate of drug-likeness (QED) is 0.0494. The number of carbonyl (C=O) groups is 2. The van der Waals surface area contributed by atoms with Crippen LogP contribution in [-0.2, 0) is 35.5 Å². The SMILES string of the molecule is CCCCc1nc(Cl)c(CNC(=O)CCCCCCNC(=O)C(CS)Cc2ccccc2)n1Cc1ccc(-c2ccccc2-c2nn[nH]n2)cc1. The normalized spacial score (nSPS) is 11.7. The van der Waals surface area contributed by atoms with Gasteiger partial charge in [-0.1, -0.05) is 117 Å². The molecule has 51 heavy (non-hydrogen) atoms. The fourth-order valence-electron chi connectivity index (χ4n) is 6.09. The Kier molecular flexibility index (Phi) is 14.7. The number of imidazole rings is 1. The lowest BCUT2D eigenvalue weighted by atomic mass is 9.98. The lowest BCUT2D eigenvalue weighted by Gasteiger charge is -2.15. The number of aromatic nitrogens is 6. The number of nitrogens with one attached hydrogen (secondary N) is 3. The first-order valence-electron chi connectivity index (χ1n) is 17.8. The van der Waals surface area contributed by atoms with Gasteiger partial charge in [0.25, 0.3) is 0 Å². The van der Waals surface area contributed by atoms with Crippen LogP contribution in [0.3, 0.4) is 0 Å². The van der Waals surface area contributed by atoms with Gasteiger partial charge in [0.2, 0.25) is 17.6 Å². The highest BCUT2D eigenvalue weighted by Gasteiger charge is 2.19. The van der Waals surface area contributed by atoms with E-state index in [-0.39, 0.29) is 17.7 Å². The van der Waals surface area contributed by atoms with Crippen molar-refractivity contribution >= 4 is 36.0 Å². The lowest BCUT2D eigenvalue weighted by molar-refractivity contribution is -0.124. The molecule has 1 unspecified atom stereocenters. The Morgan fingerprint density at radius 1 is 0.882 bits per heavy atom. The Morgan fingerprint density at radius 2 is 1.63 bits per heavy atom. The number of carbonyl (C=O) groups excluding carboxylic acids is 2. The zero-order valence-corrected chi connectivity index (χ0v) is 30.8. The Balaban J connectivity index is 1.09. The molecule has 268 valence electrons. The van der Waals surface area contributed by atoms with Crippen LogP contribution in [0, 0.1) is 5.92 Å². The van der Waals surface area contributed by atoms with Gasteiger partial charge >= 0.3 is 0 Å². The Hall–Kier alpha value is -4.48. The molecule has 3 N–H and O–H groups in total. The van der Waals surface area contributed by atoms with Crippen LogP contribution in [0.4, 0.5) is 0 Å². The number of hydrogen-bond donors (Lipinski definition) is 4. The summed E-state index contributed by atoms with van der Waals surface area (Å²) in [5.74, 6) is 1.87. The van der Waals surface area contributed by atoms with E-state index in [0.717, 1.165) is 84.3 Å². The van der Waals surface area contributed by atoms with Crippen LogP contribution in [-0.4, -0.2) is 54.3 Å². The predicted molar refractivity (Wildman–Crippen MR) is 205 cm³/mol. The number of benzene rings is 3. The molecule has 0 fully saturated rings. The van der Waals surface area contributed by atoms with Gasteiger partial charge in [-0.15, -0.1) is 10.2 Å². The van der Waals surface area contributed by atoms with Crippen molar-refractivity contribution < 1.29 is 9.59 Å². The number of aryl methyl sites for hydroxylation is 1. The number of aromatic amines is 1. The maximum Gasteiger partial charge on any atom is 0.224 e. The van der Waals surface area contributed by atoms with Crippen molar-refractivity contribution in [2.24, 2.45) is 5.92 Å². The summed E-state index contributed by atoms with van der Waals surface area (Å²) >= 11 is 11.1. The summed E-state index contributed by atoms with van der Waals surface area (Å²) in [4.78, 5) is 30.2. The molecule has 5 rings (SSSR count). The Morgan fingerprint density at radius 3 is 2.35 bits per heavy atom. The molecule has 2 aromatic heterocycles. The Bertz CT molecular complexity index is 1810. The summed E-state index contributed by atoms with van der Waals surface area (Å²) in [7, 11) is 0. The molecular weight excluding hydrogens is 680 g/mol. The zero-order chi connectivity index (χ0) is 35.8. The second-order valence-corrected chi connectivity index (χ2v) is 13.5. The third kappa shape index (κ3) is 11.0. The zero-order valence-electron chi connectivity index (χ0n) is 29.2. The van der Waals surface area contributed by atoms with Crippen molar-refractivity contribution in [1.82, 2.24) is 40.8 Å². The maximum absolute atomic E-state index is 12.8. The number of tetrazole rings is 1. The van der Waals surface area contributed by atoms with Gasteiger partial charge in [-0.2, -0.15) is 17.8 Å². The molecule has 1 atom stereocenters. The maximum atomic E-state index is 12.8. The monoisotopic (exact) mass is 726 g/mol. The van der Waals surface area contributed by atoms with E-state index in [0.29, 0.717) is 49.2 Å². The highest BCUT2D eigenvalue weighted by Crippen LogP contribution is 2.30. The van der Waals surface area contributed by atoms with E-state index < -0.39 is 0 Å². The van der Waals surface area contributed by atoms with E-state index in [4.69, 9.17) is 16.6 Å². The number of rotatable bonds is 20. The van der Waals surface area contributed by atoms with Crippen molar-refractivity contribution in [2.45, 2.75) is 77.8 Å². The lowest BCUT2D eigenvalue weighted by Crippen LogP contribution is -2.33. The molecule has 0 aliphatic rings. The molecule has 0 aliphatic heterocycles. The van der Waals surface area contributed by atoms with Crippen molar-refractivity contribution in [3.05, 3.63) is 107 Å². The summed E-state index contributed by atoms with van der Waals surface area (Å²) in [5.41, 5.74) is 6.02. The number of H-pyrrole nitrogens is 1. The minimum atomic E-state index is -0.148. The van der Waals surface area contributed by atoms with Gasteiger partial charge in [0.15, 0.2) is 5.15 Å². The fraction of sp³-hybridized carbons (Fsp3) is 0.385. The number of nitrogens with zero attached hydrogens (tertiary/aromatic N) is 5. The highest BCUT2D eigenvalue weighted by atomic mass is 35.5. The summed E-state index contributed by atoms with van der Waals surface area (Å²) in [6.45, 7) is 3.69. The van der Waals surface area contributed by atoms with E-state index >= 15 is 0 Å². The van der Waals surface area contributed by atoms with Crippen molar-refractivity contribution in [3.8, 4) is 22.5 Å². The van der Waals surface area contributed by atoms with Crippen LogP contribution < -0.4 is 10.6 Å². The molecule has 10 nitrogen and oxygen atoms in total. The predicted octanol–water partition coefficient (Wildman–Crippen LogP) is 7.25. The van der Waals surface area contributed by atoms with Gasteiger partial charge in [-0.3, -0.25) is 9.59 Å². The molecule has 0 saturated heterocycles. The molecule has 5 aromatic rings. The molecule has 0 spiro atoms. The summed E-state index contributed by atoms with van der Waals surface area (Å²) in [6, 6.07) is 26.4. The average molecular weight is 727 g/mol.